The molecule has 0 unspecified atom stereocenters. The lowest BCUT2D eigenvalue weighted by atomic mass is 10.2. The molecule has 0 aliphatic heterocycles. The smallest absolute Gasteiger partial charge is 0.333 e. The normalized spacial score (nSPS) is 9.46. The molecule has 0 radical (unpaired) electrons. The van der Waals surface area contributed by atoms with Crippen molar-refractivity contribution in [3.8, 4) is 0 Å². The molecule has 0 amide bonds. The van der Waals surface area contributed by atoms with E-state index in [1.807, 2.05) is 0 Å². The Morgan fingerprint density at radius 3 is 1.77 bits per heavy atom. The summed E-state index contributed by atoms with van der Waals surface area (Å²) in [5.74, 6) is -1.88. The largest absolute Gasteiger partial charge is 0.478 e. The van der Waals surface area contributed by atoms with Crippen LogP contribution in [0.5, 0.6) is 0 Å². The lowest BCUT2D eigenvalue weighted by Gasteiger charge is -2.07. The van der Waals surface area contributed by atoms with Crippen LogP contribution in [0.3, 0.4) is 0 Å². The predicted molar refractivity (Wildman–Crippen MR) is 102 cm³/mol. The molecule has 0 aromatic rings. The number of carbonyl (C=O) groups is 3. The van der Waals surface area contributed by atoms with E-state index in [-0.39, 0.29) is 12.0 Å². The molecule has 0 aromatic carbocycles. The minimum absolute atomic E-state index is 0.0818. The van der Waals surface area contributed by atoms with Gasteiger partial charge in [0.25, 0.3) is 0 Å². The molecular formula is C20H34O6. The van der Waals surface area contributed by atoms with Gasteiger partial charge in [-0.3, -0.25) is 4.79 Å². The molecule has 6 heteroatoms. The molecule has 0 fully saturated rings. The van der Waals surface area contributed by atoms with Crippen molar-refractivity contribution in [1.29, 1.82) is 0 Å². The van der Waals surface area contributed by atoms with Crippen molar-refractivity contribution in [2.75, 3.05) is 13.2 Å². The second-order valence-electron chi connectivity index (χ2n) is 5.80. The van der Waals surface area contributed by atoms with Gasteiger partial charge in [-0.2, -0.15) is 0 Å². The van der Waals surface area contributed by atoms with Crippen LogP contribution < -0.4 is 0 Å². The SMILES string of the molecule is C=C(CC(=O)OCCCCCC)C(=O)OCCCCCC.C=CC(=O)O. The van der Waals surface area contributed by atoms with E-state index in [0.29, 0.717) is 13.2 Å². The summed E-state index contributed by atoms with van der Waals surface area (Å²) in [6.45, 7) is 11.6. The number of hydrogen-bond acceptors (Lipinski definition) is 5. The zero-order chi connectivity index (χ0) is 20.2. The Morgan fingerprint density at radius 1 is 0.885 bits per heavy atom. The minimum atomic E-state index is -0.981. The summed E-state index contributed by atoms with van der Waals surface area (Å²) >= 11 is 0. The topological polar surface area (TPSA) is 89.9 Å². The van der Waals surface area contributed by atoms with Gasteiger partial charge in [-0.25, -0.2) is 9.59 Å². The van der Waals surface area contributed by atoms with E-state index in [9.17, 15) is 14.4 Å². The first-order chi connectivity index (χ1) is 12.4. The van der Waals surface area contributed by atoms with E-state index < -0.39 is 17.9 Å². The van der Waals surface area contributed by atoms with Gasteiger partial charge in [0.05, 0.1) is 19.6 Å². The Kier molecular flexibility index (Phi) is 19.3. The highest BCUT2D eigenvalue weighted by atomic mass is 16.5. The van der Waals surface area contributed by atoms with Gasteiger partial charge in [0.15, 0.2) is 0 Å². The van der Waals surface area contributed by atoms with Crippen molar-refractivity contribution >= 4 is 17.9 Å². The van der Waals surface area contributed by atoms with Gasteiger partial charge in [0, 0.05) is 11.6 Å². The van der Waals surface area contributed by atoms with Crippen LogP contribution >= 0.6 is 0 Å². The molecule has 26 heavy (non-hydrogen) atoms. The van der Waals surface area contributed by atoms with E-state index in [1.165, 1.54) is 0 Å². The molecule has 0 aromatic heterocycles. The molecule has 0 saturated carbocycles. The van der Waals surface area contributed by atoms with Crippen LogP contribution in [-0.4, -0.2) is 36.2 Å². The van der Waals surface area contributed by atoms with Crippen LogP contribution in [0.2, 0.25) is 0 Å². The van der Waals surface area contributed by atoms with E-state index >= 15 is 0 Å². The van der Waals surface area contributed by atoms with Crippen molar-refractivity contribution in [3.63, 3.8) is 0 Å². The highest BCUT2D eigenvalue weighted by Crippen LogP contribution is 2.06. The van der Waals surface area contributed by atoms with Gasteiger partial charge in [-0.05, 0) is 12.8 Å². The van der Waals surface area contributed by atoms with E-state index in [1.54, 1.807) is 0 Å². The maximum Gasteiger partial charge on any atom is 0.333 e. The predicted octanol–water partition coefficient (Wildman–Crippen LogP) is 4.44. The molecule has 0 saturated heterocycles. The van der Waals surface area contributed by atoms with Gasteiger partial charge < -0.3 is 14.6 Å². The van der Waals surface area contributed by atoms with Crippen molar-refractivity contribution in [1.82, 2.24) is 0 Å². The first kappa shape index (κ1) is 26.1. The Balaban J connectivity index is 0. The lowest BCUT2D eigenvalue weighted by molar-refractivity contribution is -0.146. The monoisotopic (exact) mass is 370 g/mol. The molecule has 1 N–H and O–H groups in total. The number of rotatable bonds is 14. The number of aliphatic carboxylic acids is 1. The van der Waals surface area contributed by atoms with Gasteiger partial charge in [-0.15, -0.1) is 0 Å². The first-order valence-electron chi connectivity index (χ1n) is 9.24. The Labute approximate surface area is 157 Å². The van der Waals surface area contributed by atoms with Crippen LogP contribution in [0.4, 0.5) is 0 Å². The Morgan fingerprint density at radius 2 is 1.35 bits per heavy atom. The number of esters is 2. The summed E-state index contributed by atoms with van der Waals surface area (Å²) in [7, 11) is 0. The number of unbranched alkanes of at least 4 members (excludes halogenated alkanes) is 6. The second kappa shape index (κ2) is 19.2. The zero-order valence-corrected chi connectivity index (χ0v) is 16.3. The van der Waals surface area contributed by atoms with Crippen molar-refractivity contribution in [2.24, 2.45) is 0 Å². The number of carboxylic acids is 1. The van der Waals surface area contributed by atoms with Crippen LogP contribution in [0, 0.1) is 0 Å². The van der Waals surface area contributed by atoms with Crippen molar-refractivity contribution in [2.45, 2.75) is 71.6 Å². The number of carboxylic acid groups (broad SMARTS) is 1. The number of carbonyl (C=O) groups excluding carboxylic acids is 2. The molecule has 6 nitrogen and oxygen atoms in total. The van der Waals surface area contributed by atoms with Gasteiger partial charge in [0.2, 0.25) is 0 Å². The molecule has 0 aliphatic carbocycles. The van der Waals surface area contributed by atoms with Gasteiger partial charge in [0.1, 0.15) is 0 Å². The van der Waals surface area contributed by atoms with E-state index in [2.05, 4.69) is 27.0 Å². The average molecular weight is 370 g/mol. The molecule has 0 bridgehead atoms. The third kappa shape index (κ3) is 19.9. The highest BCUT2D eigenvalue weighted by molar-refractivity contribution is 5.93. The maximum absolute atomic E-state index is 11.6. The van der Waals surface area contributed by atoms with Crippen LogP contribution in [0.15, 0.2) is 24.8 Å². The van der Waals surface area contributed by atoms with Crippen LogP contribution in [0.1, 0.15) is 71.6 Å². The summed E-state index contributed by atoms with van der Waals surface area (Å²) in [4.78, 5) is 32.4. The third-order valence-electron chi connectivity index (χ3n) is 3.31. The van der Waals surface area contributed by atoms with E-state index in [4.69, 9.17) is 14.6 Å². The number of hydrogen-bond donors (Lipinski definition) is 1. The van der Waals surface area contributed by atoms with Crippen molar-refractivity contribution < 1.29 is 29.0 Å². The fourth-order valence-electron chi connectivity index (χ4n) is 1.81. The highest BCUT2D eigenvalue weighted by Gasteiger charge is 2.13. The Bertz CT molecular complexity index is 428. The van der Waals surface area contributed by atoms with Crippen molar-refractivity contribution in [3.05, 3.63) is 24.8 Å². The second-order valence-corrected chi connectivity index (χ2v) is 5.80. The van der Waals surface area contributed by atoms with E-state index in [0.717, 1.165) is 57.4 Å². The molecule has 0 spiro atoms. The summed E-state index contributed by atoms with van der Waals surface area (Å²) in [6, 6.07) is 0. The average Bonchev–Trinajstić information content (AvgIpc) is 2.61. The maximum atomic E-state index is 11.6. The molecule has 150 valence electrons. The Hall–Kier alpha value is -2.11. The summed E-state index contributed by atoms with van der Waals surface area (Å²) in [5, 5.41) is 7.60. The minimum Gasteiger partial charge on any atom is -0.478 e. The first-order valence-corrected chi connectivity index (χ1v) is 9.24. The van der Waals surface area contributed by atoms with Gasteiger partial charge in [-0.1, -0.05) is 65.5 Å². The summed E-state index contributed by atoms with van der Waals surface area (Å²) in [5.41, 5.74) is 0.170. The molecular weight excluding hydrogens is 336 g/mol. The molecule has 0 atom stereocenters. The number of ether oxygens (including phenoxy) is 2. The summed E-state index contributed by atoms with van der Waals surface area (Å²) < 4.78 is 10.1. The quantitative estimate of drug-likeness (QED) is 0.276. The van der Waals surface area contributed by atoms with Crippen LogP contribution in [0.25, 0.3) is 0 Å². The fraction of sp³-hybridized carbons (Fsp3) is 0.650. The zero-order valence-electron chi connectivity index (χ0n) is 16.3. The molecule has 0 heterocycles. The third-order valence-corrected chi connectivity index (χ3v) is 3.31. The lowest BCUT2D eigenvalue weighted by Crippen LogP contribution is -2.14. The van der Waals surface area contributed by atoms with Crippen LogP contribution in [-0.2, 0) is 23.9 Å². The van der Waals surface area contributed by atoms with Gasteiger partial charge >= 0.3 is 17.9 Å². The standard InChI is InChI=1S/C17H30O4.C3H4O2/c1-4-6-8-10-12-20-16(18)14-15(3)17(19)21-13-11-9-7-5-2;1-2-3(4)5/h3-14H2,1-2H3;2H,1H2,(H,4,5). The summed E-state index contributed by atoms with van der Waals surface area (Å²) in [6.07, 6.45) is 9.17. The fourth-order valence-corrected chi connectivity index (χ4v) is 1.81. The molecule has 0 aliphatic rings. The molecule has 0 rings (SSSR count).